The summed E-state index contributed by atoms with van der Waals surface area (Å²) in [5, 5.41) is 3.11. The number of ether oxygens (including phenoxy) is 1. The molecular weight excluding hydrogens is 306 g/mol. The molecule has 0 fully saturated rings. The second kappa shape index (κ2) is 7.18. The van der Waals surface area contributed by atoms with Gasteiger partial charge in [-0.3, -0.25) is 4.79 Å². The molecule has 122 valence electrons. The molecule has 2 aromatic rings. The van der Waals surface area contributed by atoms with Crippen molar-refractivity contribution in [2.24, 2.45) is 0 Å². The fourth-order valence-electron chi connectivity index (χ4n) is 2.99. The summed E-state index contributed by atoms with van der Waals surface area (Å²) in [6.45, 7) is 4.62. The van der Waals surface area contributed by atoms with Gasteiger partial charge in [0.25, 0.3) is 5.91 Å². The van der Waals surface area contributed by atoms with Crippen LogP contribution in [0.3, 0.4) is 0 Å². The predicted molar refractivity (Wildman–Crippen MR) is 94.5 cm³/mol. The number of hydrogen-bond donors (Lipinski definition) is 1. The summed E-state index contributed by atoms with van der Waals surface area (Å²) in [7, 11) is 0. The maximum absolute atomic E-state index is 12.5. The SMILES string of the molecule is CCOc1cccc(C(C)NC(=O)c2cc3c(s2)CCCC3)c1. The van der Waals surface area contributed by atoms with E-state index in [1.807, 2.05) is 38.1 Å². The summed E-state index contributed by atoms with van der Waals surface area (Å²) in [5.41, 5.74) is 2.43. The fourth-order valence-corrected chi connectivity index (χ4v) is 4.15. The predicted octanol–water partition coefficient (Wildman–Crippen LogP) is 4.52. The molecule has 1 aromatic heterocycles. The van der Waals surface area contributed by atoms with E-state index in [1.165, 1.54) is 23.3 Å². The van der Waals surface area contributed by atoms with Crippen molar-refractivity contribution in [3.8, 4) is 5.75 Å². The molecule has 1 aromatic carbocycles. The van der Waals surface area contributed by atoms with Crippen molar-refractivity contribution in [3.63, 3.8) is 0 Å². The first-order valence-electron chi connectivity index (χ1n) is 8.32. The van der Waals surface area contributed by atoms with Gasteiger partial charge < -0.3 is 10.1 Å². The van der Waals surface area contributed by atoms with E-state index >= 15 is 0 Å². The van der Waals surface area contributed by atoms with Crippen molar-refractivity contribution in [2.45, 2.75) is 45.6 Å². The molecule has 1 amide bonds. The van der Waals surface area contributed by atoms with Gasteiger partial charge in [-0.1, -0.05) is 12.1 Å². The molecule has 0 radical (unpaired) electrons. The van der Waals surface area contributed by atoms with Crippen LogP contribution in [-0.2, 0) is 12.8 Å². The Morgan fingerprint density at radius 2 is 2.13 bits per heavy atom. The van der Waals surface area contributed by atoms with E-state index in [0.29, 0.717) is 6.61 Å². The molecule has 1 N–H and O–H groups in total. The Labute approximate surface area is 141 Å². The summed E-state index contributed by atoms with van der Waals surface area (Å²) >= 11 is 1.66. The van der Waals surface area contributed by atoms with E-state index in [9.17, 15) is 4.79 Å². The fraction of sp³-hybridized carbons (Fsp3) is 0.421. The third-order valence-electron chi connectivity index (χ3n) is 4.24. The van der Waals surface area contributed by atoms with Crippen LogP contribution in [0.5, 0.6) is 5.75 Å². The Hall–Kier alpha value is -1.81. The van der Waals surface area contributed by atoms with Gasteiger partial charge in [-0.2, -0.15) is 0 Å². The Morgan fingerprint density at radius 3 is 2.91 bits per heavy atom. The van der Waals surface area contributed by atoms with E-state index in [4.69, 9.17) is 4.74 Å². The standard InChI is InChI=1S/C19H23NO2S/c1-3-22-16-9-6-8-14(11-16)13(2)20-19(21)18-12-15-7-4-5-10-17(15)23-18/h6,8-9,11-13H,3-5,7,10H2,1-2H3,(H,20,21). The zero-order valence-electron chi connectivity index (χ0n) is 13.7. The Kier molecular flexibility index (Phi) is 5.01. The van der Waals surface area contributed by atoms with E-state index in [1.54, 1.807) is 11.3 Å². The summed E-state index contributed by atoms with van der Waals surface area (Å²) in [6, 6.07) is 9.96. The molecule has 1 heterocycles. The third-order valence-corrected chi connectivity index (χ3v) is 5.47. The maximum atomic E-state index is 12.5. The quantitative estimate of drug-likeness (QED) is 0.876. The minimum Gasteiger partial charge on any atom is -0.494 e. The highest BCUT2D eigenvalue weighted by Gasteiger charge is 2.18. The number of carbonyl (C=O) groups is 1. The molecule has 0 bridgehead atoms. The molecule has 0 spiro atoms. The molecule has 3 rings (SSSR count). The van der Waals surface area contributed by atoms with Crippen LogP contribution in [0.15, 0.2) is 30.3 Å². The smallest absolute Gasteiger partial charge is 0.261 e. The van der Waals surface area contributed by atoms with Gasteiger partial charge in [0.05, 0.1) is 17.5 Å². The van der Waals surface area contributed by atoms with Gasteiger partial charge >= 0.3 is 0 Å². The van der Waals surface area contributed by atoms with Crippen LogP contribution < -0.4 is 10.1 Å². The number of amides is 1. The number of carbonyl (C=O) groups excluding carboxylic acids is 1. The van der Waals surface area contributed by atoms with Crippen LogP contribution in [0.4, 0.5) is 0 Å². The first-order valence-corrected chi connectivity index (χ1v) is 9.14. The second-order valence-corrected chi connectivity index (χ2v) is 7.10. The lowest BCUT2D eigenvalue weighted by Gasteiger charge is -2.15. The number of rotatable bonds is 5. The topological polar surface area (TPSA) is 38.3 Å². The molecule has 23 heavy (non-hydrogen) atoms. The maximum Gasteiger partial charge on any atom is 0.261 e. The van der Waals surface area contributed by atoms with Crippen LogP contribution in [0.25, 0.3) is 0 Å². The molecule has 1 aliphatic rings. The number of nitrogens with one attached hydrogen (secondary N) is 1. The van der Waals surface area contributed by atoms with Crippen molar-refractivity contribution < 1.29 is 9.53 Å². The summed E-state index contributed by atoms with van der Waals surface area (Å²) in [4.78, 5) is 14.8. The van der Waals surface area contributed by atoms with Gasteiger partial charge in [0.1, 0.15) is 5.75 Å². The number of fused-ring (bicyclic) bond motifs is 1. The first kappa shape index (κ1) is 16.1. The van der Waals surface area contributed by atoms with Gasteiger partial charge in [0.2, 0.25) is 0 Å². The molecule has 0 saturated carbocycles. The third kappa shape index (κ3) is 3.75. The number of hydrogen-bond acceptors (Lipinski definition) is 3. The highest BCUT2D eigenvalue weighted by atomic mass is 32.1. The van der Waals surface area contributed by atoms with E-state index in [2.05, 4.69) is 11.4 Å². The Bertz CT molecular complexity index is 669. The average molecular weight is 329 g/mol. The van der Waals surface area contributed by atoms with Gasteiger partial charge in [-0.05, 0) is 68.9 Å². The normalized spacial score (nSPS) is 14.9. The van der Waals surface area contributed by atoms with Crippen molar-refractivity contribution in [2.75, 3.05) is 6.61 Å². The minimum absolute atomic E-state index is 0.0266. The largest absolute Gasteiger partial charge is 0.494 e. The highest BCUT2D eigenvalue weighted by molar-refractivity contribution is 7.14. The second-order valence-electron chi connectivity index (χ2n) is 5.97. The molecule has 1 aliphatic carbocycles. The first-order chi connectivity index (χ1) is 11.2. The summed E-state index contributed by atoms with van der Waals surface area (Å²) in [6.07, 6.45) is 4.73. The van der Waals surface area contributed by atoms with E-state index in [-0.39, 0.29) is 11.9 Å². The van der Waals surface area contributed by atoms with Gasteiger partial charge in [0, 0.05) is 4.88 Å². The van der Waals surface area contributed by atoms with E-state index in [0.717, 1.165) is 29.0 Å². The lowest BCUT2D eigenvalue weighted by atomic mass is 9.99. The highest BCUT2D eigenvalue weighted by Crippen LogP contribution is 2.30. The molecule has 1 atom stereocenters. The molecule has 1 unspecified atom stereocenters. The van der Waals surface area contributed by atoms with Crippen LogP contribution in [0.2, 0.25) is 0 Å². The Balaban J connectivity index is 1.69. The van der Waals surface area contributed by atoms with Crippen LogP contribution in [0.1, 0.15) is 58.4 Å². The van der Waals surface area contributed by atoms with Crippen molar-refractivity contribution in [1.82, 2.24) is 5.32 Å². The molecule has 3 nitrogen and oxygen atoms in total. The minimum atomic E-state index is -0.0398. The molecular formula is C19H23NO2S. The van der Waals surface area contributed by atoms with Crippen LogP contribution in [0, 0.1) is 0 Å². The van der Waals surface area contributed by atoms with Crippen molar-refractivity contribution in [1.29, 1.82) is 0 Å². The van der Waals surface area contributed by atoms with Gasteiger partial charge in [-0.25, -0.2) is 0 Å². The van der Waals surface area contributed by atoms with Crippen LogP contribution in [-0.4, -0.2) is 12.5 Å². The van der Waals surface area contributed by atoms with Crippen molar-refractivity contribution in [3.05, 3.63) is 51.2 Å². The summed E-state index contributed by atoms with van der Waals surface area (Å²) < 4.78 is 5.53. The zero-order chi connectivity index (χ0) is 16.2. The van der Waals surface area contributed by atoms with E-state index < -0.39 is 0 Å². The average Bonchev–Trinajstić information content (AvgIpc) is 2.99. The zero-order valence-corrected chi connectivity index (χ0v) is 14.5. The van der Waals surface area contributed by atoms with Gasteiger partial charge in [0.15, 0.2) is 0 Å². The Morgan fingerprint density at radius 1 is 1.30 bits per heavy atom. The number of benzene rings is 1. The van der Waals surface area contributed by atoms with Gasteiger partial charge in [-0.15, -0.1) is 11.3 Å². The monoisotopic (exact) mass is 329 g/mol. The number of thiophene rings is 1. The lowest BCUT2D eigenvalue weighted by Crippen LogP contribution is -2.25. The molecule has 4 heteroatoms. The summed E-state index contributed by atoms with van der Waals surface area (Å²) in [5.74, 6) is 0.872. The molecule has 0 saturated heterocycles. The lowest BCUT2D eigenvalue weighted by molar-refractivity contribution is 0.0944. The van der Waals surface area contributed by atoms with Crippen LogP contribution >= 0.6 is 11.3 Å². The number of aryl methyl sites for hydroxylation is 2. The molecule has 0 aliphatic heterocycles. The van der Waals surface area contributed by atoms with Crippen molar-refractivity contribution >= 4 is 17.2 Å².